The molecule has 0 aliphatic rings. The summed E-state index contributed by atoms with van der Waals surface area (Å²) in [6.45, 7) is 0. The number of rotatable bonds is 6. The first-order valence-corrected chi connectivity index (χ1v) is 21.6. The summed E-state index contributed by atoms with van der Waals surface area (Å²) in [4.78, 5) is 15.4. The van der Waals surface area contributed by atoms with Gasteiger partial charge in [-0.1, -0.05) is 170 Å². The lowest BCUT2D eigenvalue weighted by molar-refractivity contribution is 0.669. The van der Waals surface area contributed by atoms with Crippen LogP contribution in [0.25, 0.3) is 127 Å². The van der Waals surface area contributed by atoms with Crippen LogP contribution in [0.4, 0.5) is 0 Å². The molecular formula is C59H36N4O. The monoisotopic (exact) mass is 816 g/mol. The number of benzene rings is 10. The minimum atomic E-state index is 0.577. The van der Waals surface area contributed by atoms with Crippen LogP contribution in [0.5, 0.6) is 0 Å². The topological polar surface area (TPSA) is 56.7 Å². The summed E-state index contributed by atoms with van der Waals surface area (Å²) in [5, 5.41) is 9.04. The van der Waals surface area contributed by atoms with Crippen molar-refractivity contribution < 1.29 is 4.42 Å². The molecule has 0 unspecified atom stereocenters. The fourth-order valence-electron chi connectivity index (χ4n) is 9.45. The van der Waals surface area contributed by atoms with Gasteiger partial charge in [-0.2, -0.15) is 0 Å². The van der Waals surface area contributed by atoms with E-state index in [0.29, 0.717) is 17.5 Å². The second kappa shape index (κ2) is 14.5. The maximum atomic E-state index is 6.81. The van der Waals surface area contributed by atoms with Crippen molar-refractivity contribution >= 4 is 65.3 Å². The third-order valence-corrected chi connectivity index (χ3v) is 12.6. The van der Waals surface area contributed by atoms with Crippen LogP contribution in [0.3, 0.4) is 0 Å². The highest BCUT2D eigenvalue weighted by atomic mass is 16.3. The molecule has 3 heterocycles. The lowest BCUT2D eigenvalue weighted by Gasteiger charge is -2.12. The van der Waals surface area contributed by atoms with Gasteiger partial charge in [-0.15, -0.1) is 0 Å². The van der Waals surface area contributed by atoms with Gasteiger partial charge in [-0.3, -0.25) is 0 Å². The van der Waals surface area contributed by atoms with Crippen molar-refractivity contribution in [2.75, 3.05) is 0 Å². The molecule has 13 rings (SSSR count). The Balaban J connectivity index is 1.01. The van der Waals surface area contributed by atoms with Gasteiger partial charge in [0.15, 0.2) is 17.5 Å². The molecule has 0 saturated heterocycles. The van der Waals surface area contributed by atoms with E-state index < -0.39 is 0 Å². The Kier molecular flexibility index (Phi) is 8.15. The van der Waals surface area contributed by atoms with Crippen molar-refractivity contribution in [2.24, 2.45) is 0 Å². The van der Waals surface area contributed by atoms with Crippen LogP contribution >= 0.6 is 0 Å². The van der Waals surface area contributed by atoms with Crippen LogP contribution in [0.2, 0.25) is 0 Å². The van der Waals surface area contributed by atoms with E-state index >= 15 is 0 Å². The Morgan fingerprint density at radius 3 is 1.30 bits per heavy atom. The van der Waals surface area contributed by atoms with E-state index in [4.69, 9.17) is 19.4 Å². The molecule has 5 heteroatoms. The minimum absolute atomic E-state index is 0.577. The van der Waals surface area contributed by atoms with Crippen molar-refractivity contribution in [2.45, 2.75) is 0 Å². The molecule has 0 atom stereocenters. The summed E-state index contributed by atoms with van der Waals surface area (Å²) < 4.78 is 9.23. The van der Waals surface area contributed by atoms with E-state index in [1.54, 1.807) is 0 Å². The summed E-state index contributed by atoms with van der Waals surface area (Å²) in [6.07, 6.45) is 0. The Morgan fingerprint density at radius 1 is 0.297 bits per heavy atom. The molecule has 64 heavy (non-hydrogen) atoms. The summed E-state index contributed by atoms with van der Waals surface area (Å²) in [5.41, 5.74) is 12.3. The predicted molar refractivity (Wildman–Crippen MR) is 264 cm³/mol. The van der Waals surface area contributed by atoms with Crippen molar-refractivity contribution in [1.29, 1.82) is 0 Å². The van der Waals surface area contributed by atoms with E-state index in [2.05, 4.69) is 223 Å². The highest BCUT2D eigenvalue weighted by Crippen LogP contribution is 2.42. The Morgan fingerprint density at radius 2 is 0.750 bits per heavy atom. The molecule has 0 amide bonds. The van der Waals surface area contributed by atoms with Gasteiger partial charge in [0.25, 0.3) is 0 Å². The maximum Gasteiger partial charge on any atom is 0.164 e. The second-order valence-corrected chi connectivity index (χ2v) is 16.4. The van der Waals surface area contributed by atoms with Crippen molar-refractivity contribution in [3.63, 3.8) is 0 Å². The zero-order chi connectivity index (χ0) is 42.1. The molecule has 10 aromatic carbocycles. The van der Waals surface area contributed by atoms with Gasteiger partial charge in [0.05, 0.1) is 22.1 Å². The molecule has 0 fully saturated rings. The molecule has 0 bridgehead atoms. The second-order valence-electron chi connectivity index (χ2n) is 16.4. The minimum Gasteiger partial charge on any atom is -0.456 e. The van der Waals surface area contributed by atoms with Gasteiger partial charge < -0.3 is 8.98 Å². The first kappa shape index (κ1) is 36.0. The molecule has 0 spiro atoms. The van der Waals surface area contributed by atoms with E-state index in [0.717, 1.165) is 77.2 Å². The molecule has 0 radical (unpaired) electrons. The van der Waals surface area contributed by atoms with E-state index in [1.165, 1.54) is 32.7 Å². The maximum absolute atomic E-state index is 6.81. The highest BCUT2D eigenvalue weighted by Gasteiger charge is 2.21. The first-order valence-electron chi connectivity index (χ1n) is 21.6. The molecule has 3 aromatic heterocycles. The third-order valence-electron chi connectivity index (χ3n) is 12.6. The van der Waals surface area contributed by atoms with Crippen LogP contribution in [0.1, 0.15) is 0 Å². The van der Waals surface area contributed by atoms with Crippen molar-refractivity contribution in [1.82, 2.24) is 19.5 Å². The first-order chi connectivity index (χ1) is 31.7. The van der Waals surface area contributed by atoms with Crippen LogP contribution in [0.15, 0.2) is 223 Å². The standard InChI is InChI=1S/C59H36N4O/c1-3-12-37(13-4-1)43-26-29-48-49-30-27-44(38-14-5-2-6-15-38)35-53(49)63(52(48)34-43)51-20-11-21-54-56(51)50-31-28-47(36-55(50)64-54)59-61-57(45-24-22-39-16-7-9-18-41(39)32-45)60-58(62-59)46-25-23-40-17-8-10-19-42(40)33-46/h1-36H. The Bertz CT molecular complexity index is 3770. The largest absolute Gasteiger partial charge is 0.456 e. The predicted octanol–water partition coefficient (Wildman–Crippen LogP) is 15.5. The molecule has 0 aliphatic heterocycles. The van der Waals surface area contributed by atoms with Gasteiger partial charge >= 0.3 is 0 Å². The van der Waals surface area contributed by atoms with E-state index in [9.17, 15) is 0 Å². The van der Waals surface area contributed by atoms with E-state index in [-0.39, 0.29) is 0 Å². The summed E-state index contributed by atoms with van der Waals surface area (Å²) in [7, 11) is 0. The number of fused-ring (bicyclic) bond motifs is 8. The van der Waals surface area contributed by atoms with Crippen LogP contribution < -0.4 is 0 Å². The zero-order valence-corrected chi connectivity index (χ0v) is 34.5. The Hall–Kier alpha value is -8.67. The lowest BCUT2D eigenvalue weighted by Crippen LogP contribution is -2.00. The molecule has 0 N–H and O–H groups in total. The zero-order valence-electron chi connectivity index (χ0n) is 34.5. The molecule has 0 aliphatic carbocycles. The van der Waals surface area contributed by atoms with E-state index in [1.807, 2.05) is 0 Å². The van der Waals surface area contributed by atoms with Crippen molar-refractivity contribution in [3.05, 3.63) is 218 Å². The van der Waals surface area contributed by atoms with Gasteiger partial charge in [-0.25, -0.2) is 15.0 Å². The average molecular weight is 817 g/mol. The van der Waals surface area contributed by atoms with Gasteiger partial charge in [0, 0.05) is 32.8 Å². The fourth-order valence-corrected chi connectivity index (χ4v) is 9.45. The van der Waals surface area contributed by atoms with Crippen LogP contribution in [-0.2, 0) is 0 Å². The van der Waals surface area contributed by atoms with Gasteiger partial charge in [0.1, 0.15) is 11.2 Å². The highest BCUT2D eigenvalue weighted by molar-refractivity contribution is 6.15. The number of hydrogen-bond donors (Lipinski definition) is 0. The number of nitrogens with zero attached hydrogens (tertiary/aromatic N) is 4. The van der Waals surface area contributed by atoms with Gasteiger partial charge in [0.2, 0.25) is 0 Å². The fraction of sp³-hybridized carbons (Fsp3) is 0. The number of aromatic nitrogens is 4. The molecular weight excluding hydrogens is 781 g/mol. The third kappa shape index (κ3) is 5.98. The summed E-state index contributed by atoms with van der Waals surface area (Å²) >= 11 is 0. The molecule has 298 valence electrons. The number of furan rings is 1. The summed E-state index contributed by atoms with van der Waals surface area (Å²) in [6, 6.07) is 77.1. The number of hydrogen-bond acceptors (Lipinski definition) is 4. The Labute approximate surface area is 368 Å². The molecule has 0 saturated carbocycles. The average Bonchev–Trinajstić information content (AvgIpc) is 3.91. The summed E-state index contributed by atoms with van der Waals surface area (Å²) in [5.74, 6) is 1.80. The van der Waals surface area contributed by atoms with Crippen LogP contribution in [-0.4, -0.2) is 19.5 Å². The SMILES string of the molecule is c1ccc(-c2ccc3c4ccc(-c5ccccc5)cc4n(-c4cccc5oc6cc(-c7nc(-c8ccc9ccccc9c8)nc(-c8ccc9ccccc9c8)n7)ccc6c45)c3c2)cc1. The molecule has 5 nitrogen and oxygen atoms in total. The quantitative estimate of drug-likeness (QED) is 0.168. The van der Waals surface area contributed by atoms with Crippen molar-refractivity contribution in [3.8, 4) is 62.1 Å². The lowest BCUT2D eigenvalue weighted by atomic mass is 10.0. The smallest absolute Gasteiger partial charge is 0.164 e. The molecule has 13 aromatic rings. The normalized spacial score (nSPS) is 11.8. The van der Waals surface area contributed by atoms with Gasteiger partial charge in [-0.05, 0) is 92.3 Å². The van der Waals surface area contributed by atoms with Crippen LogP contribution in [0, 0.1) is 0 Å².